The number of ether oxygens (including phenoxy) is 1. The monoisotopic (exact) mass is 167 g/mol. The predicted molar refractivity (Wildman–Crippen MR) is 49.1 cm³/mol. The molecule has 0 amide bonds. The highest BCUT2D eigenvalue weighted by Crippen LogP contribution is 2.38. The molecule has 0 aromatic carbocycles. The molecule has 1 heterocycles. The third kappa shape index (κ3) is 1.70. The van der Waals surface area contributed by atoms with Crippen molar-refractivity contribution in [1.29, 1.82) is 0 Å². The number of hydrogen-bond donors (Lipinski definition) is 1. The van der Waals surface area contributed by atoms with Gasteiger partial charge in [0.15, 0.2) is 0 Å². The van der Waals surface area contributed by atoms with E-state index in [-0.39, 0.29) is 0 Å². The minimum atomic E-state index is 0.505. The highest BCUT2D eigenvalue weighted by Gasteiger charge is 2.39. The fourth-order valence-electron chi connectivity index (χ4n) is 1.95. The van der Waals surface area contributed by atoms with E-state index in [1.54, 1.807) is 0 Å². The molecule has 0 aromatic rings. The molecule has 2 fully saturated rings. The summed E-state index contributed by atoms with van der Waals surface area (Å²) in [5, 5.41) is 3.46. The van der Waals surface area contributed by atoms with Crippen molar-refractivity contribution in [3.05, 3.63) is 12.7 Å². The Morgan fingerprint density at radius 1 is 1.42 bits per heavy atom. The maximum atomic E-state index is 5.69. The topological polar surface area (TPSA) is 21.3 Å². The Labute approximate surface area is 74.0 Å². The van der Waals surface area contributed by atoms with Crippen LogP contribution in [-0.2, 0) is 4.74 Å². The van der Waals surface area contributed by atoms with Crippen LogP contribution in [0.1, 0.15) is 19.3 Å². The first-order valence-corrected chi connectivity index (χ1v) is 4.87. The second-order valence-corrected chi connectivity index (χ2v) is 3.76. The van der Waals surface area contributed by atoms with Gasteiger partial charge >= 0.3 is 0 Å². The van der Waals surface area contributed by atoms with Crippen LogP contribution in [0, 0.1) is 5.92 Å². The summed E-state index contributed by atoms with van der Waals surface area (Å²) in [4.78, 5) is 0. The first kappa shape index (κ1) is 8.27. The molecule has 2 rings (SSSR count). The third-order valence-electron chi connectivity index (χ3n) is 2.75. The van der Waals surface area contributed by atoms with Gasteiger partial charge in [-0.2, -0.15) is 0 Å². The molecule has 2 atom stereocenters. The van der Waals surface area contributed by atoms with Gasteiger partial charge in [-0.15, -0.1) is 6.58 Å². The van der Waals surface area contributed by atoms with Crippen LogP contribution >= 0.6 is 0 Å². The number of rotatable bonds is 4. The summed E-state index contributed by atoms with van der Waals surface area (Å²) in [6.07, 6.45) is 6.34. The van der Waals surface area contributed by atoms with Crippen molar-refractivity contribution in [1.82, 2.24) is 5.32 Å². The molecule has 1 saturated heterocycles. The van der Waals surface area contributed by atoms with Gasteiger partial charge in [-0.05, 0) is 25.2 Å². The molecular weight excluding hydrogens is 150 g/mol. The third-order valence-corrected chi connectivity index (χ3v) is 2.75. The molecule has 0 radical (unpaired) electrons. The molecule has 0 aromatic heterocycles. The Kier molecular flexibility index (Phi) is 2.47. The van der Waals surface area contributed by atoms with Gasteiger partial charge in [0, 0.05) is 19.2 Å². The van der Waals surface area contributed by atoms with Crippen LogP contribution in [-0.4, -0.2) is 25.3 Å². The van der Waals surface area contributed by atoms with Crippen LogP contribution in [0.3, 0.4) is 0 Å². The zero-order chi connectivity index (χ0) is 8.39. The molecule has 0 bridgehead atoms. The molecule has 0 spiro atoms. The molecule has 1 aliphatic heterocycles. The van der Waals surface area contributed by atoms with Gasteiger partial charge in [0.1, 0.15) is 0 Å². The van der Waals surface area contributed by atoms with E-state index in [9.17, 15) is 0 Å². The summed E-state index contributed by atoms with van der Waals surface area (Å²) < 4.78 is 5.69. The predicted octanol–water partition coefficient (Wildman–Crippen LogP) is 1.33. The van der Waals surface area contributed by atoms with E-state index in [0.717, 1.165) is 19.1 Å². The van der Waals surface area contributed by atoms with Crippen LogP contribution in [0.4, 0.5) is 0 Å². The Bertz CT molecular complexity index is 165. The molecule has 2 aliphatic rings. The molecule has 2 nitrogen and oxygen atoms in total. The van der Waals surface area contributed by atoms with Crippen molar-refractivity contribution >= 4 is 0 Å². The number of hydrogen-bond acceptors (Lipinski definition) is 2. The van der Waals surface area contributed by atoms with Crippen molar-refractivity contribution in [2.45, 2.75) is 31.4 Å². The Balaban J connectivity index is 1.81. The largest absolute Gasteiger partial charge is 0.376 e. The Morgan fingerprint density at radius 2 is 2.25 bits per heavy atom. The highest BCUT2D eigenvalue weighted by molar-refractivity contribution is 4.94. The van der Waals surface area contributed by atoms with Gasteiger partial charge in [0.2, 0.25) is 0 Å². The van der Waals surface area contributed by atoms with Crippen molar-refractivity contribution in [3.63, 3.8) is 0 Å². The average Bonchev–Trinajstić information content (AvgIpc) is 2.83. The van der Waals surface area contributed by atoms with E-state index in [0.29, 0.717) is 12.1 Å². The van der Waals surface area contributed by atoms with Crippen molar-refractivity contribution in [3.8, 4) is 0 Å². The number of nitrogens with one attached hydrogen (secondary N) is 1. The van der Waals surface area contributed by atoms with Crippen molar-refractivity contribution in [2.24, 2.45) is 5.92 Å². The molecule has 12 heavy (non-hydrogen) atoms. The minimum Gasteiger partial charge on any atom is -0.376 e. The summed E-state index contributed by atoms with van der Waals surface area (Å²) >= 11 is 0. The lowest BCUT2D eigenvalue weighted by molar-refractivity contribution is 0.0818. The van der Waals surface area contributed by atoms with E-state index in [1.807, 2.05) is 6.08 Å². The van der Waals surface area contributed by atoms with Crippen molar-refractivity contribution in [2.75, 3.05) is 13.2 Å². The minimum absolute atomic E-state index is 0.505. The Hall–Kier alpha value is -0.340. The maximum absolute atomic E-state index is 5.69. The van der Waals surface area contributed by atoms with E-state index in [1.165, 1.54) is 19.3 Å². The standard InChI is InChI=1S/C10H17NO/c1-2-6-11-9-5-7-12-10(9)8-3-4-8/h2,8-11H,1,3-7H2. The fraction of sp³-hybridized carbons (Fsp3) is 0.800. The molecule has 68 valence electrons. The lowest BCUT2D eigenvalue weighted by Gasteiger charge is -2.18. The molecule has 1 N–H and O–H groups in total. The van der Waals surface area contributed by atoms with E-state index < -0.39 is 0 Å². The molecule has 1 saturated carbocycles. The Morgan fingerprint density at radius 3 is 2.92 bits per heavy atom. The lowest BCUT2D eigenvalue weighted by atomic mass is 10.1. The second-order valence-electron chi connectivity index (χ2n) is 3.76. The van der Waals surface area contributed by atoms with Crippen LogP contribution in [0.15, 0.2) is 12.7 Å². The highest BCUT2D eigenvalue weighted by atomic mass is 16.5. The van der Waals surface area contributed by atoms with E-state index in [2.05, 4.69) is 11.9 Å². The maximum Gasteiger partial charge on any atom is 0.0757 e. The molecule has 2 heteroatoms. The zero-order valence-corrected chi connectivity index (χ0v) is 7.46. The van der Waals surface area contributed by atoms with Gasteiger partial charge < -0.3 is 10.1 Å². The SMILES string of the molecule is C=CCNC1CCOC1C1CC1. The summed E-state index contributed by atoms with van der Waals surface area (Å²) in [6, 6.07) is 0.593. The first-order valence-electron chi connectivity index (χ1n) is 4.87. The van der Waals surface area contributed by atoms with E-state index >= 15 is 0 Å². The van der Waals surface area contributed by atoms with Gasteiger partial charge in [0.25, 0.3) is 0 Å². The van der Waals surface area contributed by atoms with Gasteiger partial charge in [-0.3, -0.25) is 0 Å². The van der Waals surface area contributed by atoms with E-state index in [4.69, 9.17) is 4.74 Å². The first-order chi connectivity index (χ1) is 5.92. The summed E-state index contributed by atoms with van der Waals surface area (Å²) in [7, 11) is 0. The smallest absolute Gasteiger partial charge is 0.0757 e. The average molecular weight is 167 g/mol. The molecule has 1 aliphatic carbocycles. The van der Waals surface area contributed by atoms with Crippen LogP contribution in [0.2, 0.25) is 0 Å². The van der Waals surface area contributed by atoms with Gasteiger partial charge in [0.05, 0.1) is 6.10 Å². The fourth-order valence-corrected chi connectivity index (χ4v) is 1.95. The zero-order valence-electron chi connectivity index (χ0n) is 7.46. The normalized spacial score (nSPS) is 35.3. The van der Waals surface area contributed by atoms with Gasteiger partial charge in [-0.25, -0.2) is 0 Å². The quantitative estimate of drug-likeness (QED) is 0.638. The molecule has 2 unspecified atom stereocenters. The van der Waals surface area contributed by atoms with Crippen LogP contribution in [0.25, 0.3) is 0 Å². The van der Waals surface area contributed by atoms with Gasteiger partial charge in [-0.1, -0.05) is 6.08 Å². The second kappa shape index (κ2) is 3.58. The van der Waals surface area contributed by atoms with Crippen LogP contribution < -0.4 is 5.32 Å². The summed E-state index contributed by atoms with van der Waals surface area (Å²) in [5.74, 6) is 0.856. The lowest BCUT2D eigenvalue weighted by Crippen LogP contribution is -2.37. The van der Waals surface area contributed by atoms with Crippen molar-refractivity contribution < 1.29 is 4.74 Å². The summed E-state index contributed by atoms with van der Waals surface area (Å²) in [6.45, 7) is 5.56. The van der Waals surface area contributed by atoms with Crippen LogP contribution in [0.5, 0.6) is 0 Å². The molecular formula is C10H17NO. The summed E-state index contributed by atoms with van der Waals surface area (Å²) in [5.41, 5.74) is 0.